The minimum atomic E-state index is -0.924. The molecule has 0 aromatic heterocycles. The highest BCUT2D eigenvalue weighted by molar-refractivity contribution is 6.25. The van der Waals surface area contributed by atoms with Crippen molar-refractivity contribution in [2.75, 3.05) is 0 Å². The fraction of sp³-hybridized carbons (Fsp3) is 0.0667. The van der Waals surface area contributed by atoms with Crippen molar-refractivity contribution in [1.82, 2.24) is 0 Å². The zero-order valence-corrected chi connectivity index (χ0v) is 11.0. The van der Waals surface area contributed by atoms with Crippen LogP contribution in [0.1, 0.15) is 5.56 Å². The molecule has 0 aliphatic carbocycles. The van der Waals surface area contributed by atoms with E-state index in [0.29, 0.717) is 0 Å². The van der Waals surface area contributed by atoms with Crippen molar-refractivity contribution in [1.29, 1.82) is 0 Å². The van der Waals surface area contributed by atoms with Crippen LogP contribution in [0, 0.1) is 0 Å². The van der Waals surface area contributed by atoms with Crippen LogP contribution in [0.25, 0.3) is 21.5 Å². The number of hydrogen-bond donors (Lipinski definition) is 1. The van der Waals surface area contributed by atoms with E-state index in [1.165, 1.54) is 27.1 Å². The molecular formula is C15H14OSi. The van der Waals surface area contributed by atoms with Gasteiger partial charge in [0.25, 0.3) is 0 Å². The Morgan fingerprint density at radius 1 is 0.824 bits per heavy atom. The summed E-state index contributed by atoms with van der Waals surface area (Å²) in [5.41, 5.74) is 1.28. The Morgan fingerprint density at radius 3 is 2.29 bits per heavy atom. The summed E-state index contributed by atoms with van der Waals surface area (Å²) in [6, 6.07) is 20.1. The molecule has 0 saturated carbocycles. The Morgan fingerprint density at radius 2 is 1.53 bits per heavy atom. The molecule has 2 heteroatoms. The van der Waals surface area contributed by atoms with Gasteiger partial charge in [-0.3, -0.25) is 0 Å². The molecule has 3 rings (SSSR count). The van der Waals surface area contributed by atoms with Gasteiger partial charge in [0.1, 0.15) is 0 Å². The average molecular weight is 238 g/mol. The summed E-state index contributed by atoms with van der Waals surface area (Å²) >= 11 is 0. The molecule has 0 amide bonds. The van der Waals surface area contributed by atoms with Gasteiger partial charge in [-0.2, -0.15) is 0 Å². The van der Waals surface area contributed by atoms with Crippen LogP contribution in [0.3, 0.4) is 0 Å². The standard InChI is InChI=1S/C15H14OSi/c16-17-10-14-7-3-6-13-8-11-4-1-2-5-12(11)9-15(13)14/h1-9,16H,10,17H2. The molecule has 84 valence electrons. The van der Waals surface area contributed by atoms with Crippen LogP contribution in [0.15, 0.2) is 54.6 Å². The van der Waals surface area contributed by atoms with Gasteiger partial charge in [-0.05, 0) is 45.3 Å². The molecule has 0 atom stereocenters. The maximum atomic E-state index is 9.23. The van der Waals surface area contributed by atoms with Crippen LogP contribution in [0.2, 0.25) is 0 Å². The summed E-state index contributed by atoms with van der Waals surface area (Å²) in [6.07, 6.45) is 0. The minimum absolute atomic E-state index is 0.857. The third kappa shape index (κ3) is 1.86. The second-order valence-corrected chi connectivity index (χ2v) is 5.26. The van der Waals surface area contributed by atoms with Crippen molar-refractivity contribution in [3.05, 3.63) is 60.2 Å². The fourth-order valence-corrected chi connectivity index (χ4v) is 3.05. The zero-order valence-electron chi connectivity index (χ0n) is 9.56. The van der Waals surface area contributed by atoms with E-state index in [2.05, 4.69) is 54.6 Å². The van der Waals surface area contributed by atoms with E-state index in [9.17, 15) is 4.80 Å². The molecule has 0 bridgehead atoms. The summed E-state index contributed by atoms with van der Waals surface area (Å²) in [6.45, 7) is 0. The van der Waals surface area contributed by atoms with Gasteiger partial charge in [0.2, 0.25) is 0 Å². The van der Waals surface area contributed by atoms with Crippen molar-refractivity contribution in [2.24, 2.45) is 0 Å². The van der Waals surface area contributed by atoms with E-state index in [1.807, 2.05) is 0 Å². The number of rotatable bonds is 2. The van der Waals surface area contributed by atoms with E-state index in [1.54, 1.807) is 0 Å². The van der Waals surface area contributed by atoms with Gasteiger partial charge in [-0.1, -0.05) is 42.5 Å². The molecule has 0 fully saturated rings. The highest BCUT2D eigenvalue weighted by atomic mass is 28.2. The predicted molar refractivity (Wildman–Crippen MR) is 75.9 cm³/mol. The lowest BCUT2D eigenvalue weighted by atomic mass is 10.0. The van der Waals surface area contributed by atoms with Crippen LogP contribution < -0.4 is 0 Å². The Labute approximate surface area is 103 Å². The topological polar surface area (TPSA) is 20.2 Å². The first kappa shape index (κ1) is 10.5. The van der Waals surface area contributed by atoms with Crippen molar-refractivity contribution >= 4 is 31.3 Å². The molecule has 1 nitrogen and oxygen atoms in total. The maximum absolute atomic E-state index is 9.23. The van der Waals surface area contributed by atoms with Crippen LogP contribution in [-0.2, 0) is 6.04 Å². The predicted octanol–water partition coefficient (Wildman–Crippen LogP) is 2.57. The summed E-state index contributed by atoms with van der Waals surface area (Å²) in [4.78, 5) is 9.23. The Hall–Kier alpha value is -1.64. The van der Waals surface area contributed by atoms with Crippen molar-refractivity contribution < 1.29 is 4.80 Å². The van der Waals surface area contributed by atoms with Gasteiger partial charge < -0.3 is 4.80 Å². The number of fused-ring (bicyclic) bond motifs is 2. The first-order valence-corrected chi connectivity index (χ1v) is 7.53. The first-order valence-electron chi connectivity index (χ1n) is 5.90. The van der Waals surface area contributed by atoms with E-state index < -0.39 is 9.76 Å². The molecular weight excluding hydrogens is 224 g/mol. The molecule has 3 aromatic rings. The Bertz CT molecular complexity index is 676. The molecule has 0 saturated heterocycles. The monoisotopic (exact) mass is 238 g/mol. The fourth-order valence-electron chi connectivity index (χ4n) is 2.37. The molecule has 0 unspecified atom stereocenters. The van der Waals surface area contributed by atoms with Crippen molar-refractivity contribution in [2.45, 2.75) is 6.04 Å². The van der Waals surface area contributed by atoms with Gasteiger partial charge in [0, 0.05) is 0 Å². The molecule has 0 heterocycles. The molecule has 17 heavy (non-hydrogen) atoms. The van der Waals surface area contributed by atoms with Gasteiger partial charge in [0.05, 0.1) is 0 Å². The largest absolute Gasteiger partial charge is 0.438 e. The third-order valence-electron chi connectivity index (χ3n) is 3.22. The molecule has 0 spiro atoms. The Balaban J connectivity index is 2.35. The molecule has 1 N–H and O–H groups in total. The minimum Gasteiger partial charge on any atom is -0.438 e. The zero-order chi connectivity index (χ0) is 11.7. The summed E-state index contributed by atoms with van der Waals surface area (Å²) in [7, 11) is -0.924. The van der Waals surface area contributed by atoms with Crippen LogP contribution in [0.4, 0.5) is 0 Å². The van der Waals surface area contributed by atoms with Crippen LogP contribution in [0.5, 0.6) is 0 Å². The first-order chi connectivity index (χ1) is 8.38. The summed E-state index contributed by atoms with van der Waals surface area (Å²) in [5.74, 6) is 0. The second-order valence-electron chi connectivity index (χ2n) is 4.31. The quantitative estimate of drug-likeness (QED) is 0.537. The van der Waals surface area contributed by atoms with Gasteiger partial charge in [-0.25, -0.2) is 0 Å². The summed E-state index contributed by atoms with van der Waals surface area (Å²) in [5, 5.41) is 5.10. The third-order valence-corrected chi connectivity index (χ3v) is 3.98. The highest BCUT2D eigenvalue weighted by Gasteiger charge is 2.02. The van der Waals surface area contributed by atoms with Crippen LogP contribution >= 0.6 is 0 Å². The maximum Gasteiger partial charge on any atom is 0.161 e. The van der Waals surface area contributed by atoms with Gasteiger partial charge in [-0.15, -0.1) is 0 Å². The van der Waals surface area contributed by atoms with E-state index >= 15 is 0 Å². The van der Waals surface area contributed by atoms with Crippen molar-refractivity contribution in [3.63, 3.8) is 0 Å². The lowest BCUT2D eigenvalue weighted by molar-refractivity contribution is 0.601. The molecule has 3 aromatic carbocycles. The van der Waals surface area contributed by atoms with Crippen molar-refractivity contribution in [3.8, 4) is 0 Å². The van der Waals surface area contributed by atoms with Gasteiger partial charge in [0.15, 0.2) is 9.76 Å². The average Bonchev–Trinajstić information content (AvgIpc) is 2.37. The van der Waals surface area contributed by atoms with E-state index in [-0.39, 0.29) is 0 Å². The highest BCUT2D eigenvalue weighted by Crippen LogP contribution is 2.25. The normalized spacial score (nSPS) is 11.8. The SMILES string of the molecule is O[SiH2]Cc1cccc2cc3ccccc3cc12. The lowest BCUT2D eigenvalue weighted by Gasteiger charge is -2.07. The van der Waals surface area contributed by atoms with Crippen LogP contribution in [-0.4, -0.2) is 14.6 Å². The van der Waals surface area contributed by atoms with E-state index in [4.69, 9.17) is 0 Å². The van der Waals surface area contributed by atoms with E-state index in [0.717, 1.165) is 6.04 Å². The molecule has 0 aliphatic rings. The smallest absolute Gasteiger partial charge is 0.161 e. The molecule has 0 radical (unpaired) electrons. The van der Waals surface area contributed by atoms with Gasteiger partial charge >= 0.3 is 0 Å². The molecule has 0 aliphatic heterocycles. The number of hydrogen-bond acceptors (Lipinski definition) is 1. The Kier molecular flexibility index (Phi) is 2.67. The summed E-state index contributed by atoms with van der Waals surface area (Å²) < 4.78 is 0. The lowest BCUT2D eigenvalue weighted by Crippen LogP contribution is -1.95. The number of benzene rings is 3. The second kappa shape index (κ2) is 4.32.